The minimum absolute atomic E-state index is 0.0752. The van der Waals surface area contributed by atoms with Gasteiger partial charge in [-0.15, -0.1) is 0 Å². The normalized spacial score (nSPS) is 9.71. The van der Waals surface area contributed by atoms with E-state index in [0.717, 1.165) is 11.1 Å². The molecule has 0 saturated heterocycles. The Labute approximate surface area is 121 Å². The van der Waals surface area contributed by atoms with E-state index in [1.165, 1.54) is 6.20 Å². The third-order valence-corrected chi connectivity index (χ3v) is 2.90. The summed E-state index contributed by atoms with van der Waals surface area (Å²) in [5, 5.41) is 6.42. The molecular formula is C17H11N3O. The molecule has 0 radical (unpaired) electrons. The van der Waals surface area contributed by atoms with Crippen molar-refractivity contribution in [2.45, 2.75) is 0 Å². The largest absolute Gasteiger partial charge is 0.288 e. The van der Waals surface area contributed by atoms with E-state index in [1.807, 2.05) is 24.3 Å². The molecule has 100 valence electrons. The van der Waals surface area contributed by atoms with Gasteiger partial charge in [0.25, 0.3) is 0 Å². The van der Waals surface area contributed by atoms with Crippen LogP contribution in [0.1, 0.15) is 27.0 Å². The molecule has 0 bridgehead atoms. The monoisotopic (exact) mass is 273 g/mol. The molecule has 2 heterocycles. The number of carbonyl (C=O) groups is 1. The predicted octanol–water partition coefficient (Wildman–Crippen LogP) is 2.44. The highest BCUT2D eigenvalue weighted by Crippen LogP contribution is 2.10. The maximum atomic E-state index is 12.2. The number of ketones is 1. The smallest absolute Gasteiger partial charge is 0.196 e. The summed E-state index contributed by atoms with van der Waals surface area (Å²) in [5.41, 5.74) is 2.75. The fourth-order valence-electron chi connectivity index (χ4n) is 1.86. The highest BCUT2D eigenvalue weighted by molar-refractivity contribution is 6.08. The zero-order chi connectivity index (χ0) is 14.5. The molecule has 0 saturated carbocycles. The van der Waals surface area contributed by atoms with Gasteiger partial charge < -0.3 is 0 Å². The van der Waals surface area contributed by atoms with Crippen molar-refractivity contribution in [3.8, 4) is 11.8 Å². The Bertz CT molecular complexity index is 812. The van der Waals surface area contributed by atoms with Crippen molar-refractivity contribution in [2.24, 2.45) is 0 Å². The Morgan fingerprint density at radius 3 is 2.62 bits per heavy atom. The Balaban J connectivity index is 1.88. The topological polar surface area (TPSA) is 58.6 Å². The molecule has 4 heteroatoms. The molecule has 2 aromatic heterocycles. The molecule has 21 heavy (non-hydrogen) atoms. The Hall–Kier alpha value is -3.19. The van der Waals surface area contributed by atoms with Gasteiger partial charge in [0.2, 0.25) is 0 Å². The second-order valence-electron chi connectivity index (χ2n) is 4.39. The molecule has 3 rings (SSSR count). The van der Waals surface area contributed by atoms with Crippen LogP contribution in [0.3, 0.4) is 0 Å². The van der Waals surface area contributed by atoms with Crippen LogP contribution >= 0.6 is 0 Å². The molecule has 0 atom stereocenters. The maximum absolute atomic E-state index is 12.2. The summed E-state index contributed by atoms with van der Waals surface area (Å²) in [4.78, 5) is 16.2. The van der Waals surface area contributed by atoms with Gasteiger partial charge >= 0.3 is 0 Å². The van der Waals surface area contributed by atoms with Crippen LogP contribution in [0, 0.1) is 11.8 Å². The molecule has 0 aliphatic carbocycles. The maximum Gasteiger partial charge on any atom is 0.196 e. The van der Waals surface area contributed by atoms with Crippen LogP contribution in [-0.4, -0.2) is 21.0 Å². The van der Waals surface area contributed by atoms with Gasteiger partial charge in [0, 0.05) is 35.3 Å². The number of aromatic nitrogens is 3. The van der Waals surface area contributed by atoms with Gasteiger partial charge in [-0.05, 0) is 24.3 Å². The minimum Gasteiger partial charge on any atom is -0.288 e. The minimum atomic E-state index is -0.0752. The first-order valence-electron chi connectivity index (χ1n) is 6.38. The molecule has 0 fully saturated rings. The third kappa shape index (κ3) is 3.04. The lowest BCUT2D eigenvalue weighted by atomic mass is 10.0. The van der Waals surface area contributed by atoms with Crippen molar-refractivity contribution in [1.82, 2.24) is 15.2 Å². The van der Waals surface area contributed by atoms with Crippen molar-refractivity contribution in [2.75, 3.05) is 0 Å². The number of benzene rings is 1. The SMILES string of the molecule is O=C(c1cn[nH]c1)c1cccc(C#Cc2cccnc2)c1. The number of nitrogens with one attached hydrogen (secondary N) is 1. The number of nitrogens with zero attached hydrogens (tertiary/aromatic N) is 2. The van der Waals surface area contributed by atoms with Gasteiger partial charge in [0.05, 0.1) is 11.8 Å². The highest BCUT2D eigenvalue weighted by Gasteiger charge is 2.09. The molecule has 1 aromatic carbocycles. The van der Waals surface area contributed by atoms with Crippen LogP contribution in [0.15, 0.2) is 61.2 Å². The fourth-order valence-corrected chi connectivity index (χ4v) is 1.86. The molecule has 0 unspecified atom stereocenters. The number of rotatable bonds is 2. The molecular weight excluding hydrogens is 262 g/mol. The lowest BCUT2D eigenvalue weighted by Gasteiger charge is -1.98. The van der Waals surface area contributed by atoms with Gasteiger partial charge in [-0.3, -0.25) is 14.9 Å². The summed E-state index contributed by atoms with van der Waals surface area (Å²) in [7, 11) is 0. The molecule has 0 aliphatic rings. The lowest BCUT2D eigenvalue weighted by molar-refractivity contribution is 0.103. The Kier molecular flexibility index (Phi) is 3.57. The molecule has 1 N–H and O–H groups in total. The van der Waals surface area contributed by atoms with E-state index < -0.39 is 0 Å². The molecule has 0 amide bonds. The summed E-state index contributed by atoms with van der Waals surface area (Å²) in [6.45, 7) is 0. The summed E-state index contributed by atoms with van der Waals surface area (Å²) in [5.74, 6) is 5.98. The zero-order valence-corrected chi connectivity index (χ0v) is 11.1. The molecule has 4 nitrogen and oxygen atoms in total. The quantitative estimate of drug-likeness (QED) is 0.576. The fraction of sp³-hybridized carbons (Fsp3) is 0. The van der Waals surface area contributed by atoms with Crippen LogP contribution < -0.4 is 0 Å². The summed E-state index contributed by atoms with van der Waals surface area (Å²) in [6, 6.07) is 11.0. The molecule has 0 aliphatic heterocycles. The second kappa shape index (κ2) is 5.85. The van der Waals surface area contributed by atoms with Gasteiger partial charge in [-0.25, -0.2) is 0 Å². The second-order valence-corrected chi connectivity index (χ2v) is 4.39. The van der Waals surface area contributed by atoms with Gasteiger partial charge in [0.1, 0.15) is 0 Å². The first-order chi connectivity index (χ1) is 10.3. The number of H-pyrrole nitrogens is 1. The highest BCUT2D eigenvalue weighted by atomic mass is 16.1. The Morgan fingerprint density at radius 2 is 1.86 bits per heavy atom. The van der Waals surface area contributed by atoms with Crippen LogP contribution in [0.5, 0.6) is 0 Å². The van der Waals surface area contributed by atoms with Crippen molar-refractivity contribution >= 4 is 5.78 Å². The predicted molar refractivity (Wildman–Crippen MR) is 78.7 cm³/mol. The first kappa shape index (κ1) is 12.8. The standard InChI is InChI=1S/C17H11N3O/c21-17(16-11-19-20-12-16)15-5-1-3-13(9-15)6-7-14-4-2-8-18-10-14/h1-5,8-12H,(H,19,20). The van der Waals surface area contributed by atoms with Gasteiger partial charge in [0.15, 0.2) is 5.78 Å². The van der Waals surface area contributed by atoms with E-state index in [1.54, 1.807) is 30.7 Å². The lowest BCUT2D eigenvalue weighted by Crippen LogP contribution is -1.99. The van der Waals surface area contributed by atoms with Crippen molar-refractivity contribution < 1.29 is 4.79 Å². The van der Waals surface area contributed by atoms with Gasteiger partial charge in [-0.1, -0.05) is 24.0 Å². The summed E-state index contributed by atoms with van der Waals surface area (Å²) < 4.78 is 0. The van der Waals surface area contributed by atoms with Gasteiger partial charge in [-0.2, -0.15) is 5.10 Å². The van der Waals surface area contributed by atoms with Crippen LogP contribution in [0.2, 0.25) is 0 Å². The van der Waals surface area contributed by atoms with Crippen LogP contribution in [0.25, 0.3) is 0 Å². The average molecular weight is 273 g/mol. The van der Waals surface area contributed by atoms with E-state index in [0.29, 0.717) is 11.1 Å². The number of carbonyl (C=O) groups excluding carboxylic acids is 1. The Morgan fingerprint density at radius 1 is 1.00 bits per heavy atom. The molecule has 3 aromatic rings. The van der Waals surface area contributed by atoms with E-state index in [4.69, 9.17) is 0 Å². The number of aromatic amines is 1. The van der Waals surface area contributed by atoms with E-state index in [9.17, 15) is 4.79 Å². The first-order valence-corrected chi connectivity index (χ1v) is 6.38. The van der Waals surface area contributed by atoms with Crippen LogP contribution in [-0.2, 0) is 0 Å². The van der Waals surface area contributed by atoms with E-state index >= 15 is 0 Å². The zero-order valence-electron chi connectivity index (χ0n) is 11.1. The van der Waals surface area contributed by atoms with Crippen molar-refractivity contribution in [3.05, 3.63) is 83.4 Å². The number of hydrogen-bond donors (Lipinski definition) is 1. The van der Waals surface area contributed by atoms with E-state index in [2.05, 4.69) is 27.0 Å². The summed E-state index contributed by atoms with van der Waals surface area (Å²) >= 11 is 0. The van der Waals surface area contributed by atoms with Crippen molar-refractivity contribution in [1.29, 1.82) is 0 Å². The summed E-state index contributed by atoms with van der Waals surface area (Å²) in [6.07, 6.45) is 6.50. The average Bonchev–Trinajstić information content (AvgIpc) is 3.08. The number of hydrogen-bond acceptors (Lipinski definition) is 3. The number of pyridine rings is 1. The van der Waals surface area contributed by atoms with Crippen molar-refractivity contribution in [3.63, 3.8) is 0 Å². The third-order valence-electron chi connectivity index (χ3n) is 2.90. The van der Waals surface area contributed by atoms with E-state index in [-0.39, 0.29) is 5.78 Å². The van der Waals surface area contributed by atoms with Crippen LogP contribution in [0.4, 0.5) is 0 Å². The molecule has 0 spiro atoms.